The molecular formula is C14H24N2O3. The Morgan fingerprint density at radius 2 is 2.21 bits per heavy atom. The SMILES string of the molecule is CCCC1(C(=O)N2CCCC2CC(=O)O)CCCN1. The number of hydrogen-bond acceptors (Lipinski definition) is 3. The summed E-state index contributed by atoms with van der Waals surface area (Å²) in [5.41, 5.74) is -0.421. The van der Waals surface area contributed by atoms with Crippen LogP contribution in [0.2, 0.25) is 0 Å². The van der Waals surface area contributed by atoms with Gasteiger partial charge < -0.3 is 15.3 Å². The van der Waals surface area contributed by atoms with E-state index in [4.69, 9.17) is 5.11 Å². The van der Waals surface area contributed by atoms with Crippen molar-refractivity contribution in [1.29, 1.82) is 0 Å². The summed E-state index contributed by atoms with van der Waals surface area (Å²) in [6.45, 7) is 3.70. The van der Waals surface area contributed by atoms with E-state index in [0.717, 1.165) is 45.1 Å². The molecule has 19 heavy (non-hydrogen) atoms. The highest BCUT2D eigenvalue weighted by Gasteiger charge is 2.45. The molecule has 0 saturated carbocycles. The molecule has 2 saturated heterocycles. The van der Waals surface area contributed by atoms with Crippen molar-refractivity contribution < 1.29 is 14.7 Å². The largest absolute Gasteiger partial charge is 0.481 e. The maximum Gasteiger partial charge on any atom is 0.305 e. The number of likely N-dealkylation sites (tertiary alicyclic amines) is 1. The van der Waals surface area contributed by atoms with Crippen LogP contribution in [0.4, 0.5) is 0 Å². The Labute approximate surface area is 114 Å². The van der Waals surface area contributed by atoms with E-state index in [2.05, 4.69) is 12.2 Å². The zero-order chi connectivity index (χ0) is 13.9. The van der Waals surface area contributed by atoms with Crippen LogP contribution in [0.5, 0.6) is 0 Å². The number of carbonyl (C=O) groups excluding carboxylic acids is 1. The Bertz CT molecular complexity index is 351. The Morgan fingerprint density at radius 3 is 2.79 bits per heavy atom. The number of aliphatic carboxylic acids is 1. The average Bonchev–Trinajstić information content (AvgIpc) is 2.98. The summed E-state index contributed by atoms with van der Waals surface area (Å²) in [6.07, 6.45) is 5.55. The van der Waals surface area contributed by atoms with Gasteiger partial charge in [-0.3, -0.25) is 9.59 Å². The Hall–Kier alpha value is -1.10. The summed E-state index contributed by atoms with van der Waals surface area (Å²) in [6, 6.07) is -0.110. The number of rotatable bonds is 5. The van der Waals surface area contributed by atoms with E-state index in [0.29, 0.717) is 6.54 Å². The molecule has 0 aromatic rings. The smallest absolute Gasteiger partial charge is 0.305 e. The molecule has 1 amide bonds. The second-order valence-electron chi connectivity index (χ2n) is 5.75. The first-order valence-corrected chi connectivity index (χ1v) is 7.37. The molecule has 5 heteroatoms. The maximum absolute atomic E-state index is 12.8. The molecule has 0 bridgehead atoms. The average molecular weight is 268 g/mol. The van der Waals surface area contributed by atoms with Gasteiger partial charge in [-0.1, -0.05) is 13.3 Å². The minimum atomic E-state index is -0.811. The Morgan fingerprint density at radius 1 is 1.42 bits per heavy atom. The van der Waals surface area contributed by atoms with E-state index in [1.54, 1.807) is 0 Å². The highest BCUT2D eigenvalue weighted by molar-refractivity contribution is 5.87. The molecule has 2 unspecified atom stereocenters. The van der Waals surface area contributed by atoms with Crippen molar-refractivity contribution in [1.82, 2.24) is 10.2 Å². The van der Waals surface area contributed by atoms with Crippen molar-refractivity contribution in [2.75, 3.05) is 13.1 Å². The molecule has 2 atom stereocenters. The molecule has 108 valence electrons. The number of carbonyl (C=O) groups is 2. The first kappa shape index (κ1) is 14.3. The number of carboxylic acid groups (broad SMARTS) is 1. The zero-order valence-corrected chi connectivity index (χ0v) is 11.7. The summed E-state index contributed by atoms with van der Waals surface area (Å²) in [4.78, 5) is 25.5. The highest BCUT2D eigenvalue weighted by Crippen LogP contribution is 2.31. The molecule has 2 rings (SSSR count). The van der Waals surface area contributed by atoms with Crippen LogP contribution in [-0.2, 0) is 9.59 Å². The normalized spacial score (nSPS) is 30.8. The van der Waals surface area contributed by atoms with Crippen LogP contribution in [0.15, 0.2) is 0 Å². The van der Waals surface area contributed by atoms with Gasteiger partial charge >= 0.3 is 5.97 Å². The second kappa shape index (κ2) is 5.90. The van der Waals surface area contributed by atoms with Crippen LogP contribution in [0.1, 0.15) is 51.9 Å². The van der Waals surface area contributed by atoms with Gasteiger partial charge in [0, 0.05) is 12.6 Å². The Balaban J connectivity index is 2.10. The molecule has 2 N–H and O–H groups in total. The molecule has 2 fully saturated rings. The van der Waals surface area contributed by atoms with E-state index in [-0.39, 0.29) is 18.4 Å². The van der Waals surface area contributed by atoms with Crippen molar-refractivity contribution in [3.8, 4) is 0 Å². The van der Waals surface area contributed by atoms with Gasteiger partial charge in [-0.25, -0.2) is 0 Å². The number of amides is 1. The third-order valence-electron chi connectivity index (χ3n) is 4.38. The number of hydrogen-bond donors (Lipinski definition) is 2. The van der Waals surface area contributed by atoms with Crippen LogP contribution in [0.25, 0.3) is 0 Å². The van der Waals surface area contributed by atoms with Crippen molar-refractivity contribution in [2.24, 2.45) is 0 Å². The van der Waals surface area contributed by atoms with E-state index in [9.17, 15) is 9.59 Å². The molecule has 0 spiro atoms. The highest BCUT2D eigenvalue weighted by atomic mass is 16.4. The molecule has 2 heterocycles. The summed E-state index contributed by atoms with van der Waals surface area (Å²) < 4.78 is 0. The van der Waals surface area contributed by atoms with E-state index >= 15 is 0 Å². The lowest BCUT2D eigenvalue weighted by atomic mass is 9.89. The van der Waals surface area contributed by atoms with Crippen LogP contribution in [-0.4, -0.2) is 46.6 Å². The fourth-order valence-electron chi connectivity index (χ4n) is 3.53. The topological polar surface area (TPSA) is 69.6 Å². The van der Waals surface area contributed by atoms with Gasteiger partial charge in [0.2, 0.25) is 5.91 Å². The van der Waals surface area contributed by atoms with E-state index in [1.165, 1.54) is 0 Å². The fourth-order valence-corrected chi connectivity index (χ4v) is 3.53. The molecular weight excluding hydrogens is 244 g/mol. The fraction of sp³-hybridized carbons (Fsp3) is 0.857. The zero-order valence-electron chi connectivity index (χ0n) is 11.7. The minimum absolute atomic E-state index is 0.0773. The van der Waals surface area contributed by atoms with Crippen molar-refractivity contribution in [3.63, 3.8) is 0 Å². The van der Waals surface area contributed by atoms with Crippen LogP contribution in [0.3, 0.4) is 0 Å². The van der Waals surface area contributed by atoms with Crippen molar-refractivity contribution in [3.05, 3.63) is 0 Å². The monoisotopic (exact) mass is 268 g/mol. The lowest BCUT2D eigenvalue weighted by Crippen LogP contribution is -2.56. The maximum atomic E-state index is 12.8. The van der Waals surface area contributed by atoms with E-state index in [1.807, 2.05) is 4.90 Å². The number of nitrogens with zero attached hydrogens (tertiary/aromatic N) is 1. The Kier molecular flexibility index (Phi) is 4.45. The lowest BCUT2D eigenvalue weighted by Gasteiger charge is -2.35. The standard InChI is InChI=1S/C14H24N2O3/c1-2-6-14(7-4-8-15-14)13(19)16-9-3-5-11(16)10-12(17)18/h11,15H,2-10H2,1H3,(H,17,18). The van der Waals surface area contributed by atoms with E-state index < -0.39 is 11.5 Å². The van der Waals surface area contributed by atoms with Gasteiger partial charge in [0.15, 0.2) is 0 Å². The number of carboxylic acids is 1. The molecule has 0 aromatic heterocycles. The summed E-state index contributed by atoms with van der Waals surface area (Å²) in [5.74, 6) is -0.677. The van der Waals surface area contributed by atoms with Gasteiger partial charge in [-0.2, -0.15) is 0 Å². The van der Waals surface area contributed by atoms with Crippen molar-refractivity contribution >= 4 is 11.9 Å². The van der Waals surface area contributed by atoms with Crippen LogP contribution in [0, 0.1) is 0 Å². The molecule has 5 nitrogen and oxygen atoms in total. The first-order chi connectivity index (χ1) is 9.09. The second-order valence-corrected chi connectivity index (χ2v) is 5.75. The minimum Gasteiger partial charge on any atom is -0.481 e. The predicted molar refractivity (Wildman–Crippen MR) is 71.9 cm³/mol. The van der Waals surface area contributed by atoms with Gasteiger partial charge in [0.1, 0.15) is 0 Å². The molecule has 2 aliphatic rings. The predicted octanol–water partition coefficient (Wildman–Crippen LogP) is 1.37. The molecule has 0 aromatic carbocycles. The molecule has 0 aliphatic carbocycles. The quantitative estimate of drug-likeness (QED) is 0.790. The van der Waals surface area contributed by atoms with Gasteiger partial charge in [-0.15, -0.1) is 0 Å². The van der Waals surface area contributed by atoms with Crippen LogP contribution < -0.4 is 5.32 Å². The summed E-state index contributed by atoms with van der Waals surface area (Å²) >= 11 is 0. The van der Waals surface area contributed by atoms with Gasteiger partial charge in [0.25, 0.3) is 0 Å². The van der Waals surface area contributed by atoms with Gasteiger partial charge in [0.05, 0.1) is 12.0 Å². The number of nitrogens with one attached hydrogen (secondary N) is 1. The molecule has 2 aliphatic heterocycles. The van der Waals surface area contributed by atoms with Crippen molar-refractivity contribution in [2.45, 2.75) is 63.5 Å². The summed E-state index contributed by atoms with van der Waals surface area (Å²) in [7, 11) is 0. The third kappa shape index (κ3) is 2.91. The van der Waals surface area contributed by atoms with Gasteiger partial charge in [-0.05, 0) is 38.6 Å². The lowest BCUT2D eigenvalue weighted by molar-refractivity contribution is -0.142. The summed E-state index contributed by atoms with van der Waals surface area (Å²) in [5, 5.41) is 12.3. The first-order valence-electron chi connectivity index (χ1n) is 7.37. The molecule has 0 radical (unpaired) electrons. The third-order valence-corrected chi connectivity index (χ3v) is 4.38. The van der Waals surface area contributed by atoms with Crippen LogP contribution >= 0.6 is 0 Å².